The van der Waals surface area contributed by atoms with Crippen LogP contribution in [0.5, 0.6) is 5.75 Å². The summed E-state index contributed by atoms with van der Waals surface area (Å²) in [4.78, 5) is 42.5. The fourth-order valence-electron chi connectivity index (χ4n) is 3.77. The Bertz CT molecular complexity index is 1280. The van der Waals surface area contributed by atoms with Gasteiger partial charge in [-0.1, -0.05) is 25.4 Å². The lowest BCUT2D eigenvalue weighted by Crippen LogP contribution is -2.38. The Hall–Kier alpha value is -3.40. The third-order valence-electron chi connectivity index (χ3n) is 5.58. The average Bonchev–Trinajstić information content (AvgIpc) is 3.14. The Morgan fingerprint density at radius 2 is 1.97 bits per heavy atom. The molecule has 0 bridgehead atoms. The molecule has 1 aromatic carbocycles. The molecule has 1 aliphatic heterocycles. The zero-order valence-electron chi connectivity index (χ0n) is 19.0. The van der Waals surface area contributed by atoms with Crippen molar-refractivity contribution in [3.05, 3.63) is 45.0 Å². The van der Waals surface area contributed by atoms with E-state index in [-0.39, 0.29) is 36.0 Å². The monoisotopic (exact) mass is 472 g/mol. The number of H-pyrrole nitrogens is 1. The minimum Gasteiger partial charge on any atom is -0.495 e. The molecule has 0 spiro atoms. The highest BCUT2D eigenvalue weighted by Crippen LogP contribution is 2.30. The van der Waals surface area contributed by atoms with Crippen LogP contribution in [-0.2, 0) is 4.74 Å². The average molecular weight is 473 g/mol. The van der Waals surface area contributed by atoms with Crippen LogP contribution in [0.4, 0.5) is 16.7 Å². The first kappa shape index (κ1) is 22.8. The Morgan fingerprint density at radius 1 is 1.21 bits per heavy atom. The van der Waals surface area contributed by atoms with Gasteiger partial charge in [-0.2, -0.15) is 15.0 Å². The van der Waals surface area contributed by atoms with Gasteiger partial charge in [-0.3, -0.25) is 4.79 Å². The summed E-state index contributed by atoms with van der Waals surface area (Å²) in [6.45, 7) is 7.82. The Labute approximate surface area is 195 Å². The fraction of sp³-hybridized carbons (Fsp3) is 0.409. The van der Waals surface area contributed by atoms with Crippen LogP contribution in [0.25, 0.3) is 10.9 Å². The fourth-order valence-corrected chi connectivity index (χ4v) is 4.02. The Kier molecular flexibility index (Phi) is 6.11. The first-order valence-electron chi connectivity index (χ1n) is 10.5. The predicted molar refractivity (Wildman–Crippen MR) is 125 cm³/mol. The zero-order chi connectivity index (χ0) is 23.9. The number of aromatic nitrogens is 4. The van der Waals surface area contributed by atoms with Gasteiger partial charge in [0, 0.05) is 17.0 Å². The van der Waals surface area contributed by atoms with E-state index in [4.69, 9.17) is 21.1 Å². The van der Waals surface area contributed by atoms with Crippen molar-refractivity contribution in [2.24, 2.45) is 5.92 Å². The number of cyclic esters (lactones) is 1. The summed E-state index contributed by atoms with van der Waals surface area (Å²) in [5, 5.41) is 4.35. The van der Waals surface area contributed by atoms with E-state index >= 15 is 0 Å². The smallest absolute Gasteiger partial charge is 0.417 e. The van der Waals surface area contributed by atoms with Crippen LogP contribution in [-0.4, -0.2) is 45.8 Å². The van der Waals surface area contributed by atoms with E-state index in [1.165, 1.54) is 12.0 Å². The third kappa shape index (κ3) is 4.43. The van der Waals surface area contributed by atoms with E-state index in [0.29, 0.717) is 27.7 Å². The largest absolute Gasteiger partial charge is 0.495 e. The topological polar surface area (TPSA) is 122 Å². The molecule has 2 N–H and O–H groups in total. The van der Waals surface area contributed by atoms with Crippen molar-refractivity contribution in [3.63, 3.8) is 0 Å². The summed E-state index contributed by atoms with van der Waals surface area (Å²) >= 11 is 6.25. The van der Waals surface area contributed by atoms with E-state index in [2.05, 4.69) is 25.3 Å². The summed E-state index contributed by atoms with van der Waals surface area (Å²) in [5.41, 5.74) is 0.827. The summed E-state index contributed by atoms with van der Waals surface area (Å²) in [6, 6.07) is 4.56. The van der Waals surface area contributed by atoms with Crippen LogP contribution >= 0.6 is 11.6 Å². The van der Waals surface area contributed by atoms with Crippen molar-refractivity contribution in [1.29, 1.82) is 0 Å². The SMILES string of the molecule is COc1cc2[nH]c(=O)c([C@H](C)Nc3nc(C)nc(N4C(=O)OCC4C(C)C)n3)cc2cc1Cl. The third-order valence-corrected chi connectivity index (χ3v) is 5.88. The molecule has 1 fully saturated rings. The van der Waals surface area contributed by atoms with Gasteiger partial charge in [-0.25, -0.2) is 9.69 Å². The predicted octanol–water partition coefficient (Wildman–Crippen LogP) is 3.84. The van der Waals surface area contributed by atoms with Crippen LogP contribution in [0.1, 0.15) is 38.2 Å². The maximum Gasteiger partial charge on any atom is 0.417 e. The van der Waals surface area contributed by atoms with Gasteiger partial charge in [0.25, 0.3) is 5.56 Å². The molecule has 1 aliphatic rings. The second-order valence-electron chi connectivity index (χ2n) is 8.26. The molecule has 1 amide bonds. The number of benzene rings is 1. The van der Waals surface area contributed by atoms with Gasteiger partial charge in [0.05, 0.1) is 29.7 Å². The number of hydrogen-bond donors (Lipinski definition) is 2. The number of amides is 1. The molecule has 3 aromatic rings. The lowest BCUT2D eigenvalue weighted by Gasteiger charge is -2.23. The van der Waals surface area contributed by atoms with E-state index in [9.17, 15) is 9.59 Å². The molecule has 2 aromatic heterocycles. The van der Waals surface area contributed by atoms with Crippen molar-refractivity contribution in [1.82, 2.24) is 19.9 Å². The number of aryl methyl sites for hydroxylation is 1. The van der Waals surface area contributed by atoms with Gasteiger partial charge in [-0.15, -0.1) is 0 Å². The number of anilines is 2. The lowest BCUT2D eigenvalue weighted by molar-refractivity contribution is 0.177. The summed E-state index contributed by atoms with van der Waals surface area (Å²) in [7, 11) is 1.52. The number of nitrogens with one attached hydrogen (secondary N) is 2. The van der Waals surface area contributed by atoms with Gasteiger partial charge >= 0.3 is 6.09 Å². The molecule has 10 nitrogen and oxygen atoms in total. The summed E-state index contributed by atoms with van der Waals surface area (Å²) in [5.74, 6) is 1.53. The van der Waals surface area contributed by atoms with Crippen molar-refractivity contribution in [2.45, 2.75) is 39.8 Å². The number of methoxy groups -OCH3 is 1. The summed E-state index contributed by atoms with van der Waals surface area (Å²) in [6.07, 6.45) is -0.489. The van der Waals surface area contributed by atoms with Gasteiger partial charge in [-0.05, 0) is 31.9 Å². The summed E-state index contributed by atoms with van der Waals surface area (Å²) < 4.78 is 10.4. The number of nitrogens with zero attached hydrogens (tertiary/aromatic N) is 4. The second kappa shape index (κ2) is 8.86. The van der Waals surface area contributed by atoms with Gasteiger partial charge < -0.3 is 19.8 Å². The van der Waals surface area contributed by atoms with Gasteiger partial charge in [0.15, 0.2) is 0 Å². The molecule has 1 unspecified atom stereocenters. The minimum absolute atomic E-state index is 0.158. The van der Waals surface area contributed by atoms with Crippen molar-refractivity contribution < 1.29 is 14.3 Å². The maximum absolute atomic E-state index is 12.8. The molecular weight excluding hydrogens is 448 g/mol. The van der Waals surface area contributed by atoms with Crippen molar-refractivity contribution in [3.8, 4) is 5.75 Å². The maximum atomic E-state index is 12.8. The van der Waals surface area contributed by atoms with Crippen LogP contribution in [0.15, 0.2) is 23.0 Å². The van der Waals surface area contributed by atoms with E-state index in [1.54, 1.807) is 25.1 Å². The minimum atomic E-state index is -0.489. The van der Waals surface area contributed by atoms with Crippen molar-refractivity contribution >= 4 is 40.5 Å². The van der Waals surface area contributed by atoms with E-state index < -0.39 is 12.1 Å². The normalized spacial score (nSPS) is 16.9. The molecule has 0 saturated carbocycles. The number of aromatic amines is 1. The van der Waals surface area contributed by atoms with Gasteiger partial charge in [0.1, 0.15) is 18.2 Å². The number of carbonyl (C=O) groups is 1. The molecule has 2 atom stereocenters. The molecule has 0 aliphatic carbocycles. The molecule has 33 heavy (non-hydrogen) atoms. The Balaban J connectivity index is 1.66. The van der Waals surface area contributed by atoms with Crippen LogP contribution in [0.2, 0.25) is 5.02 Å². The molecule has 0 radical (unpaired) electrons. The van der Waals surface area contributed by atoms with E-state index in [0.717, 1.165) is 5.39 Å². The number of fused-ring (bicyclic) bond motifs is 1. The van der Waals surface area contributed by atoms with Crippen LogP contribution in [0.3, 0.4) is 0 Å². The van der Waals surface area contributed by atoms with E-state index in [1.807, 2.05) is 20.8 Å². The number of hydrogen-bond acceptors (Lipinski definition) is 8. The van der Waals surface area contributed by atoms with Crippen molar-refractivity contribution in [2.75, 3.05) is 23.9 Å². The lowest BCUT2D eigenvalue weighted by atomic mass is 10.1. The molecule has 4 rings (SSSR count). The molecule has 1 saturated heterocycles. The molecule has 3 heterocycles. The Morgan fingerprint density at radius 3 is 2.67 bits per heavy atom. The molecule has 174 valence electrons. The zero-order valence-corrected chi connectivity index (χ0v) is 19.7. The second-order valence-corrected chi connectivity index (χ2v) is 8.67. The van der Waals surface area contributed by atoms with Crippen LogP contribution < -0.4 is 20.5 Å². The van der Waals surface area contributed by atoms with Gasteiger partial charge in [0.2, 0.25) is 11.9 Å². The van der Waals surface area contributed by atoms with Crippen LogP contribution in [0, 0.1) is 12.8 Å². The highest BCUT2D eigenvalue weighted by atomic mass is 35.5. The molecule has 11 heteroatoms. The number of pyridine rings is 1. The standard InChI is InChI=1S/C22H25ClN6O4/c1-10(2)17-9-33-22(31)29(17)21-26-12(4)25-20(28-21)24-11(3)14-6-13-7-15(23)18(32-5)8-16(13)27-19(14)30/h6-8,10-11,17H,9H2,1-5H3,(H,27,30)(H,24,25,26,28)/t11-,17?/m0/s1. The highest BCUT2D eigenvalue weighted by Gasteiger charge is 2.38. The molecular formula is C22H25ClN6O4. The number of ether oxygens (including phenoxy) is 2. The first-order chi connectivity index (χ1) is 15.7. The quantitative estimate of drug-likeness (QED) is 0.554. The first-order valence-corrected chi connectivity index (χ1v) is 10.9. The number of carbonyl (C=O) groups excluding carboxylic acids is 1. The number of halogens is 1. The number of rotatable bonds is 6. The highest BCUT2D eigenvalue weighted by molar-refractivity contribution is 6.32.